The second kappa shape index (κ2) is 7.13. The zero-order valence-corrected chi connectivity index (χ0v) is 17.1. The van der Waals surface area contributed by atoms with Gasteiger partial charge in [-0.25, -0.2) is 8.42 Å². The Hall–Kier alpha value is -2.12. The number of nitrogens with zero attached hydrogens (tertiary/aromatic N) is 2. The molecular weight excluding hydrogens is 378 g/mol. The van der Waals surface area contributed by atoms with Crippen LogP contribution in [0.1, 0.15) is 42.9 Å². The van der Waals surface area contributed by atoms with Gasteiger partial charge in [0.2, 0.25) is 0 Å². The van der Waals surface area contributed by atoms with E-state index in [1.54, 1.807) is 6.20 Å². The van der Waals surface area contributed by atoms with Crippen molar-refractivity contribution in [3.8, 4) is 10.6 Å². The molecule has 2 heterocycles. The lowest BCUT2D eigenvalue weighted by molar-refractivity contribution is 0.467. The SMILES string of the molecule is Cc1cccc(C)c1NS(=O)(=O)c1cn(C2CCCC2)nc1-c1cccs1. The fraction of sp³-hybridized carbons (Fsp3) is 0.350. The van der Waals surface area contributed by atoms with Crippen LogP contribution in [0.25, 0.3) is 10.6 Å². The first-order chi connectivity index (χ1) is 13.0. The van der Waals surface area contributed by atoms with Crippen LogP contribution < -0.4 is 4.72 Å². The average Bonchev–Trinajstić information content (AvgIpc) is 3.38. The third-order valence-electron chi connectivity index (χ3n) is 5.16. The summed E-state index contributed by atoms with van der Waals surface area (Å²) in [5.41, 5.74) is 2.98. The van der Waals surface area contributed by atoms with E-state index in [-0.39, 0.29) is 10.9 Å². The number of thiophene rings is 1. The summed E-state index contributed by atoms with van der Waals surface area (Å²) in [6.45, 7) is 3.82. The largest absolute Gasteiger partial charge is 0.279 e. The molecule has 0 amide bonds. The van der Waals surface area contributed by atoms with Gasteiger partial charge in [-0.15, -0.1) is 11.3 Å². The highest BCUT2D eigenvalue weighted by Crippen LogP contribution is 2.35. The highest BCUT2D eigenvalue weighted by atomic mass is 32.2. The lowest BCUT2D eigenvalue weighted by Crippen LogP contribution is -2.15. The number of nitrogens with one attached hydrogen (secondary N) is 1. The van der Waals surface area contributed by atoms with Gasteiger partial charge in [-0.1, -0.05) is 37.1 Å². The first-order valence-electron chi connectivity index (χ1n) is 9.18. The number of rotatable bonds is 5. The molecule has 4 rings (SSSR count). The van der Waals surface area contributed by atoms with E-state index < -0.39 is 10.0 Å². The molecule has 1 saturated carbocycles. The Kier molecular flexibility index (Phi) is 4.82. The maximum absolute atomic E-state index is 13.3. The Morgan fingerprint density at radius 1 is 1.11 bits per heavy atom. The molecule has 0 bridgehead atoms. The lowest BCUT2D eigenvalue weighted by Gasteiger charge is -2.13. The van der Waals surface area contributed by atoms with Crippen LogP contribution in [-0.4, -0.2) is 18.2 Å². The van der Waals surface area contributed by atoms with Gasteiger partial charge in [0.1, 0.15) is 10.6 Å². The van der Waals surface area contributed by atoms with Crippen molar-refractivity contribution in [2.75, 3.05) is 4.72 Å². The molecule has 142 valence electrons. The molecule has 1 fully saturated rings. The second-order valence-corrected chi connectivity index (χ2v) is 9.71. The van der Waals surface area contributed by atoms with Crippen LogP contribution in [0, 0.1) is 13.8 Å². The summed E-state index contributed by atoms with van der Waals surface area (Å²) in [5.74, 6) is 0. The van der Waals surface area contributed by atoms with Gasteiger partial charge in [0.25, 0.3) is 10.0 Å². The van der Waals surface area contributed by atoms with Crippen molar-refractivity contribution in [3.63, 3.8) is 0 Å². The number of para-hydroxylation sites is 1. The molecule has 1 aromatic carbocycles. The molecule has 1 aliphatic carbocycles. The molecule has 27 heavy (non-hydrogen) atoms. The topological polar surface area (TPSA) is 64.0 Å². The third kappa shape index (κ3) is 3.53. The number of sulfonamides is 1. The summed E-state index contributed by atoms with van der Waals surface area (Å²) in [6.07, 6.45) is 6.15. The van der Waals surface area contributed by atoms with Crippen molar-refractivity contribution in [1.29, 1.82) is 0 Å². The molecule has 7 heteroatoms. The van der Waals surface area contributed by atoms with Crippen LogP contribution >= 0.6 is 11.3 Å². The van der Waals surface area contributed by atoms with E-state index >= 15 is 0 Å². The Morgan fingerprint density at radius 2 is 1.81 bits per heavy atom. The highest BCUT2D eigenvalue weighted by molar-refractivity contribution is 7.92. The first-order valence-corrected chi connectivity index (χ1v) is 11.5. The molecule has 3 aromatic rings. The summed E-state index contributed by atoms with van der Waals surface area (Å²) in [7, 11) is -3.75. The molecule has 0 saturated heterocycles. The van der Waals surface area contributed by atoms with Gasteiger partial charge in [-0.3, -0.25) is 9.40 Å². The van der Waals surface area contributed by atoms with Gasteiger partial charge in [0, 0.05) is 6.20 Å². The number of anilines is 1. The molecule has 0 unspecified atom stereocenters. The van der Waals surface area contributed by atoms with Gasteiger partial charge in [0.05, 0.1) is 16.6 Å². The van der Waals surface area contributed by atoms with Crippen molar-refractivity contribution in [1.82, 2.24) is 9.78 Å². The molecule has 5 nitrogen and oxygen atoms in total. The van der Waals surface area contributed by atoms with E-state index in [0.717, 1.165) is 28.8 Å². The highest BCUT2D eigenvalue weighted by Gasteiger charge is 2.28. The van der Waals surface area contributed by atoms with Crippen molar-refractivity contribution in [3.05, 3.63) is 53.0 Å². The van der Waals surface area contributed by atoms with Crippen LogP contribution in [0.5, 0.6) is 0 Å². The Morgan fingerprint density at radius 3 is 2.44 bits per heavy atom. The Bertz CT molecular complexity index is 1030. The minimum absolute atomic E-state index is 0.250. The fourth-order valence-corrected chi connectivity index (χ4v) is 5.82. The van der Waals surface area contributed by atoms with Crippen LogP contribution in [0.15, 0.2) is 46.8 Å². The molecule has 0 aliphatic heterocycles. The van der Waals surface area contributed by atoms with E-state index in [2.05, 4.69) is 4.72 Å². The number of hydrogen-bond donors (Lipinski definition) is 1. The molecule has 2 aromatic heterocycles. The Labute approximate surface area is 164 Å². The molecule has 0 atom stereocenters. The lowest BCUT2D eigenvalue weighted by atomic mass is 10.1. The minimum Gasteiger partial charge on any atom is -0.279 e. The van der Waals surface area contributed by atoms with Crippen molar-refractivity contribution >= 4 is 27.0 Å². The molecule has 1 N–H and O–H groups in total. The summed E-state index contributed by atoms with van der Waals surface area (Å²) >= 11 is 1.51. The van der Waals surface area contributed by atoms with Gasteiger partial charge < -0.3 is 0 Å². The maximum atomic E-state index is 13.3. The van der Waals surface area contributed by atoms with Crippen molar-refractivity contribution in [2.45, 2.75) is 50.5 Å². The monoisotopic (exact) mass is 401 g/mol. The molecule has 1 aliphatic rings. The van der Waals surface area contributed by atoms with Gasteiger partial charge in [-0.2, -0.15) is 5.10 Å². The predicted octanol–water partition coefficient (Wildman–Crippen LogP) is 5.14. The number of aryl methyl sites for hydroxylation is 2. The molecule has 0 spiro atoms. The third-order valence-corrected chi connectivity index (χ3v) is 7.39. The number of benzene rings is 1. The summed E-state index contributed by atoms with van der Waals surface area (Å²) in [4.78, 5) is 1.12. The fourth-order valence-electron chi connectivity index (χ4n) is 3.68. The van der Waals surface area contributed by atoms with E-state index in [0.29, 0.717) is 11.4 Å². The van der Waals surface area contributed by atoms with E-state index in [4.69, 9.17) is 5.10 Å². The predicted molar refractivity (Wildman–Crippen MR) is 110 cm³/mol. The zero-order valence-electron chi connectivity index (χ0n) is 15.5. The van der Waals surface area contributed by atoms with Gasteiger partial charge >= 0.3 is 0 Å². The second-order valence-electron chi connectivity index (χ2n) is 7.11. The van der Waals surface area contributed by atoms with Crippen LogP contribution in [0.2, 0.25) is 0 Å². The summed E-state index contributed by atoms with van der Waals surface area (Å²) in [5, 5.41) is 6.64. The Balaban J connectivity index is 1.79. The van der Waals surface area contributed by atoms with Crippen molar-refractivity contribution in [2.24, 2.45) is 0 Å². The van der Waals surface area contributed by atoms with Crippen LogP contribution in [-0.2, 0) is 10.0 Å². The molecule has 0 radical (unpaired) electrons. The zero-order chi connectivity index (χ0) is 19.0. The summed E-state index contributed by atoms with van der Waals surface area (Å²) < 4.78 is 31.2. The van der Waals surface area contributed by atoms with E-state index in [9.17, 15) is 8.42 Å². The normalized spacial score (nSPS) is 15.3. The van der Waals surface area contributed by atoms with Crippen LogP contribution in [0.3, 0.4) is 0 Å². The van der Waals surface area contributed by atoms with Gasteiger partial charge in [-0.05, 0) is 49.3 Å². The first kappa shape index (κ1) is 18.3. The van der Waals surface area contributed by atoms with Gasteiger partial charge in [0.15, 0.2) is 0 Å². The molecular formula is C20H23N3O2S2. The van der Waals surface area contributed by atoms with E-state index in [1.807, 2.05) is 54.2 Å². The smallest absolute Gasteiger partial charge is 0.265 e. The minimum atomic E-state index is -3.75. The van der Waals surface area contributed by atoms with Crippen molar-refractivity contribution < 1.29 is 8.42 Å². The average molecular weight is 402 g/mol. The standard InChI is InChI=1S/C20H23N3O2S2/c1-14-7-5-8-15(2)19(14)22-27(24,25)18-13-23(16-9-3-4-10-16)21-20(18)17-11-6-12-26-17/h5-8,11-13,16,22H,3-4,9-10H2,1-2H3. The maximum Gasteiger partial charge on any atom is 0.265 e. The number of aromatic nitrogens is 2. The number of hydrogen-bond acceptors (Lipinski definition) is 4. The van der Waals surface area contributed by atoms with E-state index in [1.165, 1.54) is 24.2 Å². The summed E-state index contributed by atoms with van der Waals surface area (Å²) in [6, 6.07) is 9.87. The quantitative estimate of drug-likeness (QED) is 0.643. The van der Waals surface area contributed by atoms with Crippen LogP contribution in [0.4, 0.5) is 5.69 Å².